The van der Waals surface area contributed by atoms with Gasteiger partial charge in [-0.15, -0.1) is 0 Å². The van der Waals surface area contributed by atoms with E-state index in [4.69, 9.17) is 0 Å². The molecule has 0 aromatic heterocycles. The Morgan fingerprint density at radius 2 is 2.00 bits per heavy atom. The molecule has 0 aliphatic rings. The fourth-order valence-corrected chi connectivity index (χ4v) is 2.06. The average molecular weight is 274 g/mol. The molecule has 104 valence electrons. The maximum atomic E-state index is 13.2. The van der Waals surface area contributed by atoms with Crippen molar-refractivity contribution in [1.82, 2.24) is 0 Å². The highest BCUT2D eigenvalue weighted by molar-refractivity contribution is 5.54. The van der Waals surface area contributed by atoms with Crippen LogP contribution in [0.5, 0.6) is 0 Å². The maximum Gasteiger partial charge on any atom is 0.272 e. The molecule has 0 saturated carbocycles. The molecule has 2 rings (SSSR count). The number of halogens is 1. The molecule has 0 heterocycles. The fraction of sp³-hybridized carbons (Fsp3) is 0.200. The summed E-state index contributed by atoms with van der Waals surface area (Å²) in [7, 11) is 0. The van der Waals surface area contributed by atoms with Crippen LogP contribution < -0.4 is 5.32 Å². The number of nitrogens with zero attached hydrogens (tertiary/aromatic N) is 1. The number of nitrogens with one attached hydrogen (secondary N) is 1. The van der Waals surface area contributed by atoms with E-state index in [1.165, 1.54) is 18.2 Å². The van der Waals surface area contributed by atoms with E-state index in [1.807, 2.05) is 13.0 Å². The number of anilines is 1. The lowest BCUT2D eigenvalue weighted by Gasteiger charge is -2.16. The van der Waals surface area contributed by atoms with Crippen molar-refractivity contribution >= 4 is 11.4 Å². The highest BCUT2D eigenvalue weighted by Crippen LogP contribution is 2.25. The molecule has 0 fully saturated rings. The Kier molecular flexibility index (Phi) is 3.98. The molecule has 0 aliphatic carbocycles. The Morgan fingerprint density at radius 3 is 2.60 bits per heavy atom. The SMILES string of the molecule is Cc1cc(NC(C)c2cccc(F)c2)ccc1[N+](=O)[O-]. The van der Waals surface area contributed by atoms with Gasteiger partial charge in [0.15, 0.2) is 0 Å². The molecule has 1 N–H and O–H groups in total. The second-order valence-corrected chi connectivity index (χ2v) is 4.68. The molecular weight excluding hydrogens is 259 g/mol. The number of rotatable bonds is 4. The molecule has 1 unspecified atom stereocenters. The van der Waals surface area contributed by atoms with Gasteiger partial charge in [0.1, 0.15) is 5.82 Å². The third kappa shape index (κ3) is 3.12. The molecule has 0 bridgehead atoms. The van der Waals surface area contributed by atoms with Crippen LogP contribution in [0.4, 0.5) is 15.8 Å². The lowest BCUT2D eigenvalue weighted by molar-refractivity contribution is -0.385. The minimum Gasteiger partial charge on any atom is -0.379 e. The average Bonchev–Trinajstić information content (AvgIpc) is 2.38. The predicted octanol–water partition coefficient (Wildman–Crippen LogP) is 4.22. The first-order valence-electron chi connectivity index (χ1n) is 6.24. The third-order valence-corrected chi connectivity index (χ3v) is 3.13. The van der Waals surface area contributed by atoms with E-state index in [9.17, 15) is 14.5 Å². The number of nitro benzene ring substituents is 1. The van der Waals surface area contributed by atoms with Crippen molar-refractivity contribution in [2.24, 2.45) is 0 Å². The summed E-state index contributed by atoms with van der Waals surface area (Å²) in [4.78, 5) is 10.4. The lowest BCUT2D eigenvalue weighted by atomic mass is 10.1. The van der Waals surface area contributed by atoms with Gasteiger partial charge in [-0.05, 0) is 43.7 Å². The van der Waals surface area contributed by atoms with Crippen molar-refractivity contribution in [3.05, 3.63) is 69.5 Å². The second kappa shape index (κ2) is 5.69. The third-order valence-electron chi connectivity index (χ3n) is 3.13. The molecule has 0 amide bonds. The van der Waals surface area contributed by atoms with Gasteiger partial charge in [0, 0.05) is 23.4 Å². The van der Waals surface area contributed by atoms with E-state index in [0.29, 0.717) is 5.56 Å². The highest BCUT2D eigenvalue weighted by atomic mass is 19.1. The first-order chi connectivity index (χ1) is 9.47. The molecule has 4 nitrogen and oxygen atoms in total. The molecular formula is C15H15FN2O2. The van der Waals surface area contributed by atoms with Crippen LogP contribution in [-0.2, 0) is 0 Å². The molecule has 0 aliphatic heterocycles. The number of aryl methyl sites for hydroxylation is 1. The van der Waals surface area contributed by atoms with Gasteiger partial charge in [-0.3, -0.25) is 10.1 Å². The summed E-state index contributed by atoms with van der Waals surface area (Å²) in [6.45, 7) is 3.60. The molecule has 20 heavy (non-hydrogen) atoms. The predicted molar refractivity (Wildman–Crippen MR) is 76.3 cm³/mol. The van der Waals surface area contributed by atoms with Gasteiger partial charge in [0.05, 0.1) is 4.92 Å². The van der Waals surface area contributed by atoms with Crippen LogP contribution in [0.3, 0.4) is 0 Å². The number of nitro groups is 1. The summed E-state index contributed by atoms with van der Waals surface area (Å²) in [5, 5.41) is 14.0. The van der Waals surface area contributed by atoms with Crippen LogP contribution >= 0.6 is 0 Å². The first-order valence-corrected chi connectivity index (χ1v) is 6.24. The van der Waals surface area contributed by atoms with Crippen molar-refractivity contribution in [2.75, 3.05) is 5.32 Å². The van der Waals surface area contributed by atoms with Crippen LogP contribution in [0.15, 0.2) is 42.5 Å². The monoisotopic (exact) mass is 274 g/mol. The van der Waals surface area contributed by atoms with E-state index in [2.05, 4.69) is 5.32 Å². The maximum absolute atomic E-state index is 13.2. The Morgan fingerprint density at radius 1 is 1.25 bits per heavy atom. The Bertz CT molecular complexity index is 644. The fourth-order valence-electron chi connectivity index (χ4n) is 2.06. The molecule has 0 radical (unpaired) electrons. The largest absolute Gasteiger partial charge is 0.379 e. The summed E-state index contributed by atoms with van der Waals surface area (Å²) in [5.41, 5.74) is 2.27. The van der Waals surface area contributed by atoms with Crippen LogP contribution in [-0.4, -0.2) is 4.92 Å². The zero-order chi connectivity index (χ0) is 14.7. The first kappa shape index (κ1) is 14.0. The molecule has 0 spiro atoms. The number of hydrogen-bond acceptors (Lipinski definition) is 3. The van der Waals surface area contributed by atoms with E-state index >= 15 is 0 Å². The topological polar surface area (TPSA) is 55.2 Å². The minimum absolute atomic E-state index is 0.0912. The molecule has 2 aromatic rings. The van der Waals surface area contributed by atoms with E-state index < -0.39 is 4.92 Å². The van der Waals surface area contributed by atoms with Crippen LogP contribution in [0, 0.1) is 22.9 Å². The lowest BCUT2D eigenvalue weighted by Crippen LogP contribution is -2.07. The quantitative estimate of drug-likeness (QED) is 0.671. The molecule has 0 saturated heterocycles. The van der Waals surface area contributed by atoms with E-state index in [1.54, 1.807) is 25.1 Å². The molecule has 5 heteroatoms. The summed E-state index contributed by atoms with van der Waals surface area (Å²) in [5.74, 6) is -0.281. The van der Waals surface area contributed by atoms with Crippen molar-refractivity contribution < 1.29 is 9.31 Å². The standard InChI is InChI=1S/C15H15FN2O2/c1-10-8-14(6-7-15(10)18(19)20)17-11(2)12-4-3-5-13(16)9-12/h3-9,11,17H,1-2H3. The summed E-state index contributed by atoms with van der Waals surface area (Å²) in [6.07, 6.45) is 0. The zero-order valence-corrected chi connectivity index (χ0v) is 11.3. The minimum atomic E-state index is -0.408. The second-order valence-electron chi connectivity index (χ2n) is 4.68. The van der Waals surface area contributed by atoms with Crippen molar-refractivity contribution in [3.63, 3.8) is 0 Å². The smallest absolute Gasteiger partial charge is 0.272 e. The Balaban J connectivity index is 2.18. The molecule has 1 atom stereocenters. The number of benzene rings is 2. The Labute approximate surface area is 116 Å². The number of hydrogen-bond donors (Lipinski definition) is 1. The van der Waals surface area contributed by atoms with Crippen molar-refractivity contribution in [2.45, 2.75) is 19.9 Å². The Hall–Kier alpha value is -2.43. The van der Waals surface area contributed by atoms with Gasteiger partial charge >= 0.3 is 0 Å². The van der Waals surface area contributed by atoms with Gasteiger partial charge < -0.3 is 5.32 Å². The summed E-state index contributed by atoms with van der Waals surface area (Å²) in [6, 6.07) is 11.1. The van der Waals surface area contributed by atoms with Gasteiger partial charge in [-0.2, -0.15) is 0 Å². The van der Waals surface area contributed by atoms with Crippen molar-refractivity contribution in [3.8, 4) is 0 Å². The van der Waals surface area contributed by atoms with Crippen LogP contribution in [0.25, 0.3) is 0 Å². The van der Waals surface area contributed by atoms with E-state index in [0.717, 1.165) is 11.3 Å². The molecule has 2 aromatic carbocycles. The van der Waals surface area contributed by atoms with Gasteiger partial charge in [-0.25, -0.2) is 4.39 Å². The summed E-state index contributed by atoms with van der Waals surface area (Å²) < 4.78 is 13.2. The van der Waals surface area contributed by atoms with Gasteiger partial charge in [0.2, 0.25) is 0 Å². The van der Waals surface area contributed by atoms with Crippen LogP contribution in [0.2, 0.25) is 0 Å². The normalized spacial score (nSPS) is 11.9. The zero-order valence-electron chi connectivity index (χ0n) is 11.3. The summed E-state index contributed by atoms with van der Waals surface area (Å²) >= 11 is 0. The van der Waals surface area contributed by atoms with E-state index in [-0.39, 0.29) is 17.5 Å². The highest BCUT2D eigenvalue weighted by Gasteiger charge is 2.12. The van der Waals surface area contributed by atoms with Gasteiger partial charge in [0.25, 0.3) is 5.69 Å². The van der Waals surface area contributed by atoms with Gasteiger partial charge in [-0.1, -0.05) is 12.1 Å². The van der Waals surface area contributed by atoms with Crippen molar-refractivity contribution in [1.29, 1.82) is 0 Å². The van der Waals surface area contributed by atoms with Crippen LogP contribution in [0.1, 0.15) is 24.1 Å².